The normalized spacial score (nSPS) is 19.8. The Morgan fingerprint density at radius 2 is 1.78 bits per heavy atom. The molecule has 1 fully saturated rings. The van der Waals surface area contributed by atoms with Gasteiger partial charge in [0.25, 0.3) is 0 Å². The average Bonchev–Trinajstić information content (AvgIpc) is 3.17. The van der Waals surface area contributed by atoms with Gasteiger partial charge in [-0.2, -0.15) is 0 Å². The number of morpholine rings is 1. The van der Waals surface area contributed by atoms with Crippen molar-refractivity contribution in [1.82, 2.24) is 10.1 Å². The Morgan fingerprint density at radius 1 is 1.07 bits per heavy atom. The van der Waals surface area contributed by atoms with Crippen LogP contribution in [0.15, 0.2) is 71.3 Å². The molecule has 0 N–H and O–H groups in total. The third-order valence-electron chi connectivity index (χ3n) is 4.73. The van der Waals surface area contributed by atoms with Gasteiger partial charge in [0.1, 0.15) is 6.10 Å². The minimum atomic E-state index is -0.101. The van der Waals surface area contributed by atoms with Crippen molar-refractivity contribution < 1.29 is 14.1 Å². The molecule has 2 aromatic carbocycles. The molecule has 1 saturated heterocycles. The van der Waals surface area contributed by atoms with Crippen LogP contribution in [-0.2, 0) is 16.0 Å². The molecule has 2 atom stereocenters. The Hall–Kier alpha value is -2.92. The van der Waals surface area contributed by atoms with E-state index in [1.807, 2.05) is 78.6 Å². The van der Waals surface area contributed by atoms with Crippen molar-refractivity contribution in [2.45, 2.75) is 25.6 Å². The molecular weight excluding hydrogens is 340 g/mol. The van der Waals surface area contributed by atoms with Crippen LogP contribution >= 0.6 is 0 Å². The van der Waals surface area contributed by atoms with Gasteiger partial charge in [0.2, 0.25) is 5.91 Å². The minimum absolute atomic E-state index is 0.00917. The monoisotopic (exact) mass is 362 g/mol. The van der Waals surface area contributed by atoms with Gasteiger partial charge in [0, 0.05) is 18.2 Å². The molecule has 1 aliphatic rings. The molecule has 0 saturated carbocycles. The highest BCUT2D eigenvalue weighted by atomic mass is 16.5. The lowest BCUT2D eigenvalue weighted by Crippen LogP contribution is -2.46. The van der Waals surface area contributed by atoms with Crippen molar-refractivity contribution >= 4 is 5.91 Å². The molecule has 1 amide bonds. The van der Waals surface area contributed by atoms with Crippen LogP contribution in [-0.4, -0.2) is 35.2 Å². The molecule has 4 rings (SSSR count). The fourth-order valence-electron chi connectivity index (χ4n) is 3.41. The zero-order chi connectivity index (χ0) is 18.6. The predicted molar refractivity (Wildman–Crippen MR) is 102 cm³/mol. The van der Waals surface area contributed by atoms with E-state index < -0.39 is 0 Å². The lowest BCUT2D eigenvalue weighted by Gasteiger charge is -2.37. The van der Waals surface area contributed by atoms with E-state index in [-0.39, 0.29) is 24.5 Å². The third kappa shape index (κ3) is 4.09. The lowest BCUT2D eigenvalue weighted by molar-refractivity contribution is -0.144. The molecule has 0 bridgehead atoms. The van der Waals surface area contributed by atoms with Crippen LogP contribution in [0.1, 0.15) is 24.3 Å². The molecule has 1 aromatic heterocycles. The molecule has 2 unspecified atom stereocenters. The van der Waals surface area contributed by atoms with Gasteiger partial charge in [-0.25, -0.2) is 0 Å². The molecule has 138 valence electrons. The van der Waals surface area contributed by atoms with E-state index in [4.69, 9.17) is 9.26 Å². The smallest absolute Gasteiger partial charge is 0.228 e. The number of nitrogens with zero attached hydrogens (tertiary/aromatic N) is 2. The fourth-order valence-corrected chi connectivity index (χ4v) is 3.41. The Balaban J connectivity index is 1.44. The van der Waals surface area contributed by atoms with Crippen LogP contribution in [0.4, 0.5) is 0 Å². The van der Waals surface area contributed by atoms with E-state index in [2.05, 4.69) is 5.16 Å². The lowest BCUT2D eigenvalue weighted by atomic mass is 10.1. The van der Waals surface area contributed by atoms with E-state index in [0.717, 1.165) is 11.1 Å². The SMILES string of the molecule is CC1CN(C(=O)Cc2cc(-c3ccccc3)on2)CC(c2ccccc2)O1. The molecule has 3 aromatic rings. The second kappa shape index (κ2) is 7.76. The van der Waals surface area contributed by atoms with Crippen LogP contribution in [0.25, 0.3) is 11.3 Å². The van der Waals surface area contributed by atoms with E-state index in [1.165, 1.54) is 0 Å². The summed E-state index contributed by atoms with van der Waals surface area (Å²) in [6.45, 7) is 3.14. The third-order valence-corrected chi connectivity index (χ3v) is 4.73. The van der Waals surface area contributed by atoms with E-state index in [1.54, 1.807) is 0 Å². The first-order chi connectivity index (χ1) is 13.2. The summed E-state index contributed by atoms with van der Waals surface area (Å²) in [4.78, 5) is 14.7. The number of hydrogen-bond donors (Lipinski definition) is 0. The number of amides is 1. The number of rotatable bonds is 4. The van der Waals surface area contributed by atoms with Crippen LogP contribution in [0, 0.1) is 0 Å². The van der Waals surface area contributed by atoms with Crippen molar-refractivity contribution in [2.75, 3.05) is 13.1 Å². The van der Waals surface area contributed by atoms with Gasteiger partial charge in [-0.1, -0.05) is 65.8 Å². The maximum atomic E-state index is 12.8. The van der Waals surface area contributed by atoms with Crippen LogP contribution in [0.5, 0.6) is 0 Å². The van der Waals surface area contributed by atoms with Gasteiger partial charge in [-0.15, -0.1) is 0 Å². The number of hydrogen-bond acceptors (Lipinski definition) is 4. The van der Waals surface area contributed by atoms with Gasteiger partial charge in [-0.3, -0.25) is 4.79 Å². The number of ether oxygens (including phenoxy) is 1. The maximum absolute atomic E-state index is 12.8. The topological polar surface area (TPSA) is 55.6 Å². The Kier molecular flexibility index (Phi) is 5.03. The van der Waals surface area contributed by atoms with E-state index in [9.17, 15) is 4.79 Å². The van der Waals surface area contributed by atoms with Gasteiger partial charge < -0.3 is 14.2 Å². The minimum Gasteiger partial charge on any atom is -0.367 e. The summed E-state index contributed by atoms with van der Waals surface area (Å²) < 4.78 is 11.4. The standard InChI is InChI=1S/C22H22N2O3/c1-16-14-24(15-21(26-16)18-10-6-3-7-11-18)22(25)13-19-12-20(27-23-19)17-8-4-2-5-9-17/h2-12,16,21H,13-15H2,1H3. The van der Waals surface area contributed by atoms with Gasteiger partial charge in [-0.05, 0) is 12.5 Å². The molecule has 5 nitrogen and oxygen atoms in total. The quantitative estimate of drug-likeness (QED) is 0.707. The number of carbonyl (C=O) groups is 1. The zero-order valence-corrected chi connectivity index (χ0v) is 15.2. The Labute approximate surface area is 158 Å². The Morgan fingerprint density at radius 3 is 2.52 bits per heavy atom. The zero-order valence-electron chi connectivity index (χ0n) is 15.2. The first-order valence-electron chi connectivity index (χ1n) is 9.18. The number of aromatic nitrogens is 1. The second-order valence-electron chi connectivity index (χ2n) is 6.87. The van der Waals surface area contributed by atoms with Crippen molar-refractivity contribution in [1.29, 1.82) is 0 Å². The largest absolute Gasteiger partial charge is 0.367 e. The summed E-state index contributed by atoms with van der Waals surface area (Å²) in [6, 6.07) is 21.6. The summed E-state index contributed by atoms with van der Waals surface area (Å²) in [5.74, 6) is 0.718. The molecule has 2 heterocycles. The molecule has 1 aliphatic heterocycles. The molecule has 0 aliphatic carbocycles. The van der Waals surface area contributed by atoms with Crippen molar-refractivity contribution in [3.05, 3.63) is 78.0 Å². The Bertz CT molecular complexity index is 892. The summed E-state index contributed by atoms with van der Waals surface area (Å²) in [6.07, 6.45) is 0.117. The predicted octanol–water partition coefficient (Wildman–Crippen LogP) is 3.87. The summed E-state index contributed by atoms with van der Waals surface area (Å²) >= 11 is 0. The highest BCUT2D eigenvalue weighted by Gasteiger charge is 2.29. The van der Waals surface area contributed by atoms with Crippen LogP contribution in [0.3, 0.4) is 0 Å². The maximum Gasteiger partial charge on any atom is 0.228 e. The van der Waals surface area contributed by atoms with Crippen molar-refractivity contribution in [3.63, 3.8) is 0 Å². The summed E-state index contributed by atoms with van der Waals surface area (Å²) in [5, 5.41) is 4.07. The van der Waals surface area contributed by atoms with Gasteiger partial charge in [0.15, 0.2) is 5.76 Å². The van der Waals surface area contributed by atoms with E-state index >= 15 is 0 Å². The highest BCUT2D eigenvalue weighted by Crippen LogP contribution is 2.26. The van der Waals surface area contributed by atoms with Crippen molar-refractivity contribution in [2.24, 2.45) is 0 Å². The number of benzene rings is 2. The van der Waals surface area contributed by atoms with Crippen LogP contribution < -0.4 is 0 Å². The first kappa shape index (κ1) is 17.5. The fraction of sp³-hybridized carbons (Fsp3) is 0.273. The van der Waals surface area contributed by atoms with Crippen LogP contribution in [0.2, 0.25) is 0 Å². The number of carbonyl (C=O) groups excluding carboxylic acids is 1. The first-order valence-corrected chi connectivity index (χ1v) is 9.18. The average molecular weight is 362 g/mol. The molecule has 27 heavy (non-hydrogen) atoms. The molecule has 0 spiro atoms. The molecule has 5 heteroatoms. The molecular formula is C22H22N2O3. The highest BCUT2D eigenvalue weighted by molar-refractivity contribution is 5.79. The van der Waals surface area contributed by atoms with Gasteiger partial charge in [0.05, 0.1) is 24.8 Å². The molecule has 0 radical (unpaired) electrons. The summed E-state index contributed by atoms with van der Waals surface area (Å²) in [7, 11) is 0. The summed E-state index contributed by atoms with van der Waals surface area (Å²) in [5.41, 5.74) is 2.69. The van der Waals surface area contributed by atoms with Gasteiger partial charge >= 0.3 is 0 Å². The van der Waals surface area contributed by atoms with E-state index in [0.29, 0.717) is 24.5 Å². The van der Waals surface area contributed by atoms with Crippen molar-refractivity contribution in [3.8, 4) is 11.3 Å². The second-order valence-corrected chi connectivity index (χ2v) is 6.87.